The number of fused-ring (bicyclic) bond motifs is 1. The van der Waals surface area contributed by atoms with E-state index >= 15 is 0 Å². The van der Waals surface area contributed by atoms with Crippen molar-refractivity contribution in [2.24, 2.45) is 4.40 Å². The van der Waals surface area contributed by atoms with E-state index in [4.69, 9.17) is 9.47 Å². The monoisotopic (exact) mass is 292 g/mol. The first-order valence-electron chi connectivity index (χ1n) is 5.34. The minimum atomic E-state index is -3.78. The molecular formula is C11H13N2NaO4S. The van der Waals surface area contributed by atoms with Gasteiger partial charge in [-0.25, -0.2) is 8.42 Å². The van der Waals surface area contributed by atoms with Gasteiger partial charge in [0.05, 0.1) is 18.1 Å². The third-order valence-corrected chi connectivity index (χ3v) is 3.48. The van der Waals surface area contributed by atoms with Crippen molar-refractivity contribution < 1.29 is 47.4 Å². The summed E-state index contributed by atoms with van der Waals surface area (Å²) in [5, 5.41) is 4.05. The summed E-state index contributed by atoms with van der Waals surface area (Å²) < 4.78 is 37.6. The van der Waals surface area contributed by atoms with Crippen molar-refractivity contribution in [2.45, 2.75) is 24.8 Å². The van der Waals surface area contributed by atoms with E-state index in [2.05, 4.69) is 9.71 Å². The maximum Gasteiger partial charge on any atom is 1.00 e. The molecule has 0 atom stereocenters. The third kappa shape index (κ3) is 3.62. The van der Waals surface area contributed by atoms with Gasteiger partial charge in [0.15, 0.2) is 0 Å². The van der Waals surface area contributed by atoms with Crippen LogP contribution < -0.4 is 34.3 Å². The quantitative estimate of drug-likeness (QED) is 0.668. The summed E-state index contributed by atoms with van der Waals surface area (Å²) in [6, 6.07) is 4.45. The number of amidine groups is 1. The van der Waals surface area contributed by atoms with Crippen molar-refractivity contribution in [3.05, 3.63) is 23.5 Å². The Hall–Kier alpha value is -0.760. The average Bonchev–Trinajstić information content (AvgIpc) is 2.27. The first-order valence-corrected chi connectivity index (χ1v) is 6.78. The molecule has 1 aliphatic rings. The Bertz CT molecular complexity index is 599. The molecule has 0 spiro atoms. The average molecular weight is 292 g/mol. The zero-order valence-corrected chi connectivity index (χ0v) is 14.1. The minimum Gasteiger partial charge on any atom is -0.498 e. The van der Waals surface area contributed by atoms with Crippen LogP contribution in [0.2, 0.25) is 0 Å². The minimum absolute atomic E-state index is 0. The van der Waals surface area contributed by atoms with Gasteiger partial charge in [-0.15, -0.1) is 0 Å². The largest absolute Gasteiger partial charge is 1.00 e. The van der Waals surface area contributed by atoms with Crippen LogP contribution in [0.15, 0.2) is 27.5 Å². The maximum absolute atomic E-state index is 12.0. The summed E-state index contributed by atoms with van der Waals surface area (Å²) in [6.07, 6.45) is -0.192. The van der Waals surface area contributed by atoms with E-state index in [0.29, 0.717) is 11.4 Å². The molecular weight excluding hydrogens is 279 g/mol. The number of ether oxygens (including phenoxy) is 2. The van der Waals surface area contributed by atoms with Crippen molar-refractivity contribution in [2.75, 3.05) is 7.11 Å². The molecule has 0 bridgehead atoms. The number of hydrogen-bond acceptors (Lipinski definition) is 4. The summed E-state index contributed by atoms with van der Waals surface area (Å²) in [4.78, 5) is 0.0259. The van der Waals surface area contributed by atoms with Gasteiger partial charge < -0.3 is 19.2 Å². The Balaban J connectivity index is 0.00000180. The predicted octanol–water partition coefficient (Wildman–Crippen LogP) is -0.812. The van der Waals surface area contributed by atoms with E-state index in [9.17, 15) is 8.42 Å². The van der Waals surface area contributed by atoms with Crippen LogP contribution in [-0.2, 0) is 14.8 Å². The Kier molecular flexibility index (Phi) is 5.26. The van der Waals surface area contributed by atoms with E-state index in [1.165, 1.54) is 13.2 Å². The topological polar surface area (TPSA) is 79.1 Å². The summed E-state index contributed by atoms with van der Waals surface area (Å²) in [7, 11) is -2.32. The molecule has 2 rings (SSSR count). The molecule has 0 fully saturated rings. The fourth-order valence-corrected chi connectivity index (χ4v) is 2.49. The number of benzene rings is 1. The van der Waals surface area contributed by atoms with Crippen molar-refractivity contribution in [3.63, 3.8) is 0 Å². The molecule has 1 aromatic rings. The van der Waals surface area contributed by atoms with Crippen LogP contribution in [0.1, 0.15) is 13.8 Å². The molecule has 0 aromatic heterocycles. The van der Waals surface area contributed by atoms with Gasteiger partial charge in [-0.05, 0) is 31.7 Å². The molecule has 19 heavy (non-hydrogen) atoms. The van der Waals surface area contributed by atoms with Gasteiger partial charge in [-0.3, -0.25) is 0 Å². The number of nitrogens with zero attached hydrogens (tertiary/aromatic N) is 2. The van der Waals surface area contributed by atoms with E-state index in [-0.39, 0.29) is 46.6 Å². The first kappa shape index (κ1) is 16.3. The van der Waals surface area contributed by atoms with Gasteiger partial charge in [0.2, 0.25) is 10.0 Å². The van der Waals surface area contributed by atoms with Crippen molar-refractivity contribution >= 4 is 21.7 Å². The zero-order chi connectivity index (χ0) is 13.3. The molecule has 0 radical (unpaired) electrons. The molecule has 1 aliphatic heterocycles. The molecule has 0 amide bonds. The second kappa shape index (κ2) is 6.13. The SMILES string of the molecule is COc1ccc2c(c1)S(=O)(=O)N=C(OC(C)C)[N-]2.[Na+]. The molecule has 0 N–H and O–H groups in total. The van der Waals surface area contributed by atoms with E-state index in [0.717, 1.165) is 0 Å². The van der Waals surface area contributed by atoms with Gasteiger partial charge >= 0.3 is 29.6 Å². The Labute approximate surface area is 134 Å². The van der Waals surface area contributed by atoms with Crippen LogP contribution in [0.4, 0.5) is 5.69 Å². The molecule has 0 aliphatic carbocycles. The molecule has 98 valence electrons. The number of sulfonamides is 1. The third-order valence-electron chi connectivity index (χ3n) is 2.20. The van der Waals surface area contributed by atoms with E-state index < -0.39 is 10.0 Å². The summed E-state index contributed by atoms with van der Waals surface area (Å²) >= 11 is 0. The molecule has 1 aromatic carbocycles. The fourth-order valence-electron chi connectivity index (χ4n) is 1.45. The molecule has 6 nitrogen and oxygen atoms in total. The number of rotatable bonds is 2. The van der Waals surface area contributed by atoms with Crippen LogP contribution in [0, 0.1) is 0 Å². The zero-order valence-electron chi connectivity index (χ0n) is 11.2. The summed E-state index contributed by atoms with van der Waals surface area (Å²) in [5.74, 6) is 0.441. The Morgan fingerprint density at radius 3 is 2.58 bits per heavy atom. The van der Waals surface area contributed by atoms with E-state index in [1.807, 2.05) is 0 Å². The van der Waals surface area contributed by atoms with Crippen LogP contribution in [-0.4, -0.2) is 27.7 Å². The fraction of sp³-hybridized carbons (Fsp3) is 0.364. The standard InChI is InChI=1S/C11H13N2O4S.Na/c1-7(2)17-11-12-9-5-4-8(16-3)6-10(9)18(14,15)13-11;/h4-7H,1-3H3;/q-1;+1. The summed E-state index contributed by atoms with van der Waals surface area (Å²) in [6.45, 7) is 3.54. The smallest absolute Gasteiger partial charge is 0.498 e. The van der Waals surface area contributed by atoms with Gasteiger partial charge in [-0.1, -0.05) is 6.07 Å². The number of methoxy groups -OCH3 is 1. The summed E-state index contributed by atoms with van der Waals surface area (Å²) in [5.41, 5.74) is 0.307. The van der Waals surface area contributed by atoms with E-state index in [1.54, 1.807) is 26.0 Å². The van der Waals surface area contributed by atoms with Crippen LogP contribution >= 0.6 is 0 Å². The molecule has 0 saturated heterocycles. The molecule has 8 heteroatoms. The van der Waals surface area contributed by atoms with Crippen LogP contribution in [0.25, 0.3) is 5.32 Å². The van der Waals surface area contributed by atoms with Gasteiger partial charge in [0, 0.05) is 0 Å². The maximum atomic E-state index is 12.0. The van der Waals surface area contributed by atoms with Crippen LogP contribution in [0.3, 0.4) is 0 Å². The van der Waals surface area contributed by atoms with Gasteiger partial charge in [0.1, 0.15) is 11.8 Å². The molecule has 0 unspecified atom stereocenters. The molecule has 1 heterocycles. The second-order valence-electron chi connectivity index (χ2n) is 3.96. The Morgan fingerprint density at radius 2 is 2.00 bits per heavy atom. The van der Waals surface area contributed by atoms with Gasteiger partial charge in [0.25, 0.3) is 0 Å². The van der Waals surface area contributed by atoms with Crippen molar-refractivity contribution in [1.29, 1.82) is 0 Å². The Morgan fingerprint density at radius 1 is 1.32 bits per heavy atom. The van der Waals surface area contributed by atoms with Crippen molar-refractivity contribution in [1.82, 2.24) is 0 Å². The van der Waals surface area contributed by atoms with Gasteiger partial charge in [-0.2, -0.15) is 0 Å². The first-order chi connectivity index (χ1) is 8.42. The van der Waals surface area contributed by atoms with Crippen molar-refractivity contribution in [3.8, 4) is 5.75 Å². The number of hydrogen-bond donors (Lipinski definition) is 0. The normalized spacial score (nSPS) is 15.7. The van der Waals surface area contributed by atoms with Crippen LogP contribution in [0.5, 0.6) is 5.75 Å². The predicted molar refractivity (Wildman–Crippen MR) is 66.9 cm³/mol. The second-order valence-corrected chi connectivity index (χ2v) is 5.53. The molecule has 0 saturated carbocycles.